The van der Waals surface area contributed by atoms with Gasteiger partial charge in [-0.15, -0.1) is 0 Å². The van der Waals surface area contributed by atoms with E-state index in [1.54, 1.807) is 13.3 Å². The molecule has 1 fully saturated rings. The van der Waals surface area contributed by atoms with E-state index in [2.05, 4.69) is 15.3 Å². The quantitative estimate of drug-likeness (QED) is 0.739. The van der Waals surface area contributed by atoms with E-state index in [4.69, 9.17) is 10.5 Å². The zero-order valence-corrected chi connectivity index (χ0v) is 8.10. The molecule has 1 aromatic heterocycles. The van der Waals surface area contributed by atoms with Crippen LogP contribution in [0.15, 0.2) is 12.4 Å². The summed E-state index contributed by atoms with van der Waals surface area (Å²) < 4.78 is 5.18. The molecule has 0 unspecified atom stereocenters. The van der Waals surface area contributed by atoms with Gasteiger partial charge in [0.2, 0.25) is 0 Å². The van der Waals surface area contributed by atoms with Crippen molar-refractivity contribution in [3.8, 4) is 0 Å². The van der Waals surface area contributed by atoms with Gasteiger partial charge in [-0.1, -0.05) is 0 Å². The van der Waals surface area contributed by atoms with E-state index in [-0.39, 0.29) is 0 Å². The molecule has 0 atom stereocenters. The van der Waals surface area contributed by atoms with Gasteiger partial charge in [-0.25, -0.2) is 4.98 Å². The van der Waals surface area contributed by atoms with Gasteiger partial charge in [-0.3, -0.25) is 4.98 Å². The molecule has 0 bridgehead atoms. The second kappa shape index (κ2) is 3.79. The van der Waals surface area contributed by atoms with Gasteiger partial charge >= 0.3 is 0 Å². The first kappa shape index (κ1) is 9.21. The Morgan fingerprint density at radius 3 is 2.93 bits per heavy atom. The van der Waals surface area contributed by atoms with Gasteiger partial charge in [0.05, 0.1) is 18.5 Å². The summed E-state index contributed by atoms with van der Waals surface area (Å²) in [7, 11) is 1.74. The van der Waals surface area contributed by atoms with Gasteiger partial charge in [0.15, 0.2) is 0 Å². The minimum Gasteiger partial charge on any atom is -0.382 e. The lowest BCUT2D eigenvalue weighted by Gasteiger charge is -2.34. The summed E-state index contributed by atoms with van der Waals surface area (Å²) in [5, 5.41) is 3.25. The molecule has 0 saturated heterocycles. The molecular weight excluding hydrogens is 180 g/mol. The van der Waals surface area contributed by atoms with Gasteiger partial charge in [0.1, 0.15) is 11.6 Å². The van der Waals surface area contributed by atoms with Crippen LogP contribution in [-0.2, 0) is 4.74 Å². The third-order valence-electron chi connectivity index (χ3n) is 2.43. The maximum absolute atomic E-state index is 5.51. The lowest BCUT2D eigenvalue weighted by molar-refractivity contribution is 0.0328. The number of rotatable bonds is 3. The minimum absolute atomic E-state index is 0.390. The molecule has 76 valence electrons. The minimum atomic E-state index is 0.390. The fraction of sp³-hybridized carbons (Fsp3) is 0.556. The fourth-order valence-electron chi connectivity index (χ4n) is 1.54. The van der Waals surface area contributed by atoms with E-state index in [9.17, 15) is 0 Å². The SMILES string of the molecule is COC1CC(Nc2cncc(N)n2)C1. The second-order valence-electron chi connectivity index (χ2n) is 3.50. The fourth-order valence-corrected chi connectivity index (χ4v) is 1.54. The number of hydrogen-bond donors (Lipinski definition) is 2. The number of methoxy groups -OCH3 is 1. The van der Waals surface area contributed by atoms with Gasteiger partial charge < -0.3 is 15.8 Å². The number of nitrogens with zero attached hydrogens (tertiary/aromatic N) is 2. The Kier molecular flexibility index (Phi) is 2.49. The first-order valence-corrected chi connectivity index (χ1v) is 4.65. The molecule has 1 aliphatic rings. The Morgan fingerprint density at radius 2 is 2.29 bits per heavy atom. The van der Waals surface area contributed by atoms with Crippen molar-refractivity contribution in [3.63, 3.8) is 0 Å². The van der Waals surface area contributed by atoms with Gasteiger partial charge in [0.25, 0.3) is 0 Å². The van der Waals surface area contributed by atoms with E-state index in [1.165, 1.54) is 6.20 Å². The first-order valence-electron chi connectivity index (χ1n) is 4.65. The molecule has 1 aliphatic carbocycles. The molecule has 0 aliphatic heterocycles. The standard InChI is InChI=1S/C9H14N4O/c1-14-7-2-6(3-7)12-9-5-11-4-8(10)13-9/h4-7H,2-3H2,1H3,(H3,10,12,13). The van der Waals surface area contributed by atoms with Crippen molar-refractivity contribution in [1.82, 2.24) is 9.97 Å². The number of nitrogens with two attached hydrogens (primary N) is 1. The largest absolute Gasteiger partial charge is 0.382 e. The maximum Gasteiger partial charge on any atom is 0.147 e. The lowest BCUT2D eigenvalue weighted by atomic mass is 9.89. The number of ether oxygens (including phenoxy) is 1. The third kappa shape index (κ3) is 1.93. The van der Waals surface area contributed by atoms with Crippen LogP contribution in [0.3, 0.4) is 0 Å². The van der Waals surface area contributed by atoms with Crippen LogP contribution < -0.4 is 11.1 Å². The van der Waals surface area contributed by atoms with E-state index >= 15 is 0 Å². The molecule has 0 radical (unpaired) electrons. The maximum atomic E-state index is 5.51. The molecule has 0 amide bonds. The number of hydrogen-bond acceptors (Lipinski definition) is 5. The van der Waals surface area contributed by atoms with Crippen LogP contribution in [0.4, 0.5) is 11.6 Å². The molecule has 2 rings (SSSR count). The summed E-state index contributed by atoms with van der Waals surface area (Å²) in [4.78, 5) is 8.06. The molecule has 1 saturated carbocycles. The predicted molar refractivity (Wildman–Crippen MR) is 53.9 cm³/mol. The second-order valence-corrected chi connectivity index (χ2v) is 3.50. The molecule has 0 spiro atoms. The average Bonchev–Trinajstić information content (AvgIpc) is 2.10. The Labute approximate surface area is 82.7 Å². The summed E-state index contributed by atoms with van der Waals surface area (Å²) in [6, 6.07) is 0.441. The third-order valence-corrected chi connectivity index (χ3v) is 2.43. The van der Waals surface area contributed by atoms with Crippen LogP contribution in [0, 0.1) is 0 Å². The highest BCUT2D eigenvalue weighted by Gasteiger charge is 2.28. The molecule has 1 aromatic rings. The summed E-state index contributed by atoms with van der Waals surface area (Å²) in [6.07, 6.45) is 5.64. The van der Waals surface area contributed by atoms with Crippen molar-refractivity contribution in [2.45, 2.75) is 25.0 Å². The van der Waals surface area contributed by atoms with E-state index in [0.29, 0.717) is 18.0 Å². The van der Waals surface area contributed by atoms with E-state index < -0.39 is 0 Å². The normalized spacial score (nSPS) is 25.5. The molecule has 5 nitrogen and oxygen atoms in total. The Balaban J connectivity index is 1.87. The summed E-state index contributed by atoms with van der Waals surface area (Å²) in [5.74, 6) is 1.18. The van der Waals surface area contributed by atoms with E-state index in [1.807, 2.05) is 0 Å². The molecule has 5 heteroatoms. The number of aromatic nitrogens is 2. The van der Waals surface area contributed by atoms with Crippen molar-refractivity contribution in [2.75, 3.05) is 18.2 Å². The van der Waals surface area contributed by atoms with Crippen LogP contribution in [0.2, 0.25) is 0 Å². The zero-order chi connectivity index (χ0) is 9.97. The highest BCUT2D eigenvalue weighted by atomic mass is 16.5. The Morgan fingerprint density at radius 1 is 1.50 bits per heavy atom. The van der Waals surface area contributed by atoms with Gasteiger partial charge in [0, 0.05) is 13.2 Å². The smallest absolute Gasteiger partial charge is 0.147 e. The molecule has 1 heterocycles. The summed E-state index contributed by atoms with van der Waals surface area (Å²) in [6.45, 7) is 0. The van der Waals surface area contributed by atoms with Crippen LogP contribution in [0.25, 0.3) is 0 Å². The highest BCUT2D eigenvalue weighted by Crippen LogP contribution is 2.25. The Hall–Kier alpha value is -1.36. The number of nitrogen functional groups attached to an aromatic ring is 1. The zero-order valence-electron chi connectivity index (χ0n) is 8.10. The van der Waals surface area contributed by atoms with Crippen molar-refractivity contribution < 1.29 is 4.74 Å². The topological polar surface area (TPSA) is 73.1 Å². The summed E-state index contributed by atoms with van der Waals surface area (Å²) in [5.41, 5.74) is 5.51. The van der Waals surface area contributed by atoms with E-state index in [0.717, 1.165) is 18.7 Å². The number of nitrogens with one attached hydrogen (secondary N) is 1. The van der Waals surface area contributed by atoms with Crippen LogP contribution in [0.5, 0.6) is 0 Å². The van der Waals surface area contributed by atoms with Crippen LogP contribution >= 0.6 is 0 Å². The molecular formula is C9H14N4O. The lowest BCUT2D eigenvalue weighted by Crippen LogP contribution is -2.40. The van der Waals surface area contributed by atoms with Crippen molar-refractivity contribution in [2.24, 2.45) is 0 Å². The molecule has 14 heavy (non-hydrogen) atoms. The Bertz CT molecular complexity index is 311. The van der Waals surface area contributed by atoms with Gasteiger partial charge in [-0.05, 0) is 12.8 Å². The van der Waals surface area contributed by atoms with Crippen molar-refractivity contribution in [1.29, 1.82) is 0 Å². The number of anilines is 2. The molecule has 0 aromatic carbocycles. The average molecular weight is 194 g/mol. The van der Waals surface area contributed by atoms with Gasteiger partial charge in [-0.2, -0.15) is 0 Å². The highest BCUT2D eigenvalue weighted by molar-refractivity contribution is 5.39. The van der Waals surface area contributed by atoms with Crippen LogP contribution in [-0.4, -0.2) is 29.2 Å². The first-order chi connectivity index (χ1) is 6.78. The monoisotopic (exact) mass is 194 g/mol. The van der Waals surface area contributed by atoms with Crippen molar-refractivity contribution >= 4 is 11.6 Å². The predicted octanol–water partition coefficient (Wildman–Crippen LogP) is 0.648. The molecule has 3 N–H and O–H groups in total. The summed E-state index contributed by atoms with van der Waals surface area (Å²) >= 11 is 0. The van der Waals surface area contributed by atoms with Crippen LogP contribution in [0.1, 0.15) is 12.8 Å². The van der Waals surface area contributed by atoms with Crippen molar-refractivity contribution in [3.05, 3.63) is 12.4 Å².